The second kappa shape index (κ2) is 8.51. The molecular weight excluding hydrogens is 426 g/mol. The number of rotatable bonds is 6. The molecule has 164 valence electrons. The van der Waals surface area contributed by atoms with E-state index in [1.165, 1.54) is 0 Å². The second-order valence-electron chi connectivity index (χ2n) is 7.54. The number of nitrogens with one attached hydrogen (secondary N) is 1. The SMILES string of the molecule is c1ccc(-n2ccc3cc(Oc4ccnc(Nc5ccc(-n6cccn6)cc5)n4)ccc32)nc1. The molecule has 0 unspecified atom stereocenters. The summed E-state index contributed by atoms with van der Waals surface area (Å²) < 4.78 is 9.87. The standard InChI is InChI=1S/C26H19N7O/c1-2-13-27-24(4-1)32-17-12-19-18-22(9-10-23(19)32)34-25-11-15-28-26(31-25)30-20-5-7-21(8-6-20)33-16-3-14-29-33/h1-18H,(H,28,30,31). The molecule has 0 saturated heterocycles. The monoisotopic (exact) mass is 445 g/mol. The highest BCUT2D eigenvalue weighted by molar-refractivity contribution is 5.83. The van der Waals surface area contributed by atoms with Crippen LogP contribution in [0, 0.1) is 0 Å². The van der Waals surface area contributed by atoms with Gasteiger partial charge in [0.05, 0.1) is 11.2 Å². The Labute approximate surface area is 195 Å². The van der Waals surface area contributed by atoms with Crippen LogP contribution in [0.5, 0.6) is 11.6 Å². The van der Waals surface area contributed by atoms with Crippen molar-refractivity contribution in [3.05, 3.63) is 110 Å². The third-order valence-corrected chi connectivity index (χ3v) is 5.30. The first-order valence-electron chi connectivity index (χ1n) is 10.7. The van der Waals surface area contributed by atoms with Crippen LogP contribution >= 0.6 is 0 Å². The van der Waals surface area contributed by atoms with Gasteiger partial charge in [0.2, 0.25) is 11.8 Å². The average molecular weight is 445 g/mol. The van der Waals surface area contributed by atoms with E-state index >= 15 is 0 Å². The van der Waals surface area contributed by atoms with Crippen LogP contribution in [0.4, 0.5) is 11.6 Å². The first-order chi connectivity index (χ1) is 16.8. The first-order valence-corrected chi connectivity index (χ1v) is 10.7. The smallest absolute Gasteiger partial charge is 0.230 e. The summed E-state index contributed by atoms with van der Waals surface area (Å²) in [7, 11) is 0. The quantitative estimate of drug-likeness (QED) is 0.363. The van der Waals surface area contributed by atoms with E-state index in [2.05, 4.69) is 25.4 Å². The van der Waals surface area contributed by atoms with E-state index in [4.69, 9.17) is 4.74 Å². The van der Waals surface area contributed by atoms with E-state index in [1.807, 2.05) is 89.8 Å². The van der Waals surface area contributed by atoms with E-state index in [0.717, 1.165) is 28.1 Å². The molecule has 0 bridgehead atoms. The molecule has 0 saturated carbocycles. The molecule has 0 aliphatic carbocycles. The lowest BCUT2D eigenvalue weighted by Crippen LogP contribution is -1.99. The highest BCUT2D eigenvalue weighted by Gasteiger charge is 2.08. The summed E-state index contributed by atoms with van der Waals surface area (Å²) in [6.07, 6.45) is 9.10. The van der Waals surface area contributed by atoms with Gasteiger partial charge in [-0.2, -0.15) is 10.1 Å². The van der Waals surface area contributed by atoms with Crippen LogP contribution in [0.15, 0.2) is 110 Å². The lowest BCUT2D eigenvalue weighted by Gasteiger charge is -2.09. The molecule has 0 spiro atoms. The number of ether oxygens (including phenoxy) is 1. The predicted molar refractivity (Wildman–Crippen MR) is 130 cm³/mol. The topological polar surface area (TPSA) is 82.7 Å². The van der Waals surface area contributed by atoms with Crippen LogP contribution in [0.3, 0.4) is 0 Å². The van der Waals surface area contributed by atoms with Gasteiger partial charge >= 0.3 is 0 Å². The van der Waals surface area contributed by atoms with Crippen LogP contribution < -0.4 is 10.1 Å². The fourth-order valence-corrected chi connectivity index (χ4v) is 3.71. The van der Waals surface area contributed by atoms with E-state index in [1.54, 1.807) is 29.3 Å². The van der Waals surface area contributed by atoms with E-state index < -0.39 is 0 Å². The molecule has 34 heavy (non-hydrogen) atoms. The molecule has 4 aromatic heterocycles. The zero-order valence-electron chi connectivity index (χ0n) is 18.0. The molecule has 4 heterocycles. The van der Waals surface area contributed by atoms with Gasteiger partial charge in [0.1, 0.15) is 11.6 Å². The normalized spacial score (nSPS) is 10.9. The predicted octanol–water partition coefficient (Wildman–Crippen LogP) is 5.54. The minimum absolute atomic E-state index is 0.451. The largest absolute Gasteiger partial charge is 0.439 e. The lowest BCUT2D eigenvalue weighted by molar-refractivity contribution is 0.463. The van der Waals surface area contributed by atoms with Crippen molar-refractivity contribution in [1.29, 1.82) is 0 Å². The Morgan fingerprint density at radius 3 is 2.53 bits per heavy atom. The lowest BCUT2D eigenvalue weighted by atomic mass is 10.2. The zero-order chi connectivity index (χ0) is 22.7. The van der Waals surface area contributed by atoms with Crippen molar-refractivity contribution >= 4 is 22.5 Å². The van der Waals surface area contributed by atoms with Crippen LogP contribution in [-0.4, -0.2) is 29.3 Å². The number of hydrogen-bond acceptors (Lipinski definition) is 6. The van der Waals surface area contributed by atoms with E-state index in [9.17, 15) is 0 Å². The molecular formula is C26H19N7O. The number of pyridine rings is 1. The summed E-state index contributed by atoms with van der Waals surface area (Å²) in [6.45, 7) is 0. The summed E-state index contributed by atoms with van der Waals surface area (Å²) >= 11 is 0. The number of nitrogens with zero attached hydrogens (tertiary/aromatic N) is 6. The minimum atomic E-state index is 0.451. The van der Waals surface area contributed by atoms with Crippen molar-refractivity contribution < 1.29 is 4.74 Å². The van der Waals surface area contributed by atoms with Crippen LogP contribution in [-0.2, 0) is 0 Å². The molecule has 8 nitrogen and oxygen atoms in total. The van der Waals surface area contributed by atoms with Crippen molar-refractivity contribution in [1.82, 2.24) is 29.3 Å². The molecule has 0 aliphatic rings. The van der Waals surface area contributed by atoms with Gasteiger partial charge in [-0.15, -0.1) is 0 Å². The first kappa shape index (κ1) is 19.7. The second-order valence-corrected chi connectivity index (χ2v) is 7.54. The van der Waals surface area contributed by atoms with Crippen LogP contribution in [0.25, 0.3) is 22.4 Å². The van der Waals surface area contributed by atoms with Crippen molar-refractivity contribution in [3.63, 3.8) is 0 Å². The maximum absolute atomic E-state index is 6.02. The summed E-state index contributed by atoms with van der Waals surface area (Å²) in [5.74, 6) is 2.47. The highest BCUT2D eigenvalue weighted by Crippen LogP contribution is 2.27. The molecule has 0 amide bonds. The zero-order valence-corrected chi connectivity index (χ0v) is 18.0. The summed E-state index contributed by atoms with van der Waals surface area (Å²) in [4.78, 5) is 13.2. The van der Waals surface area contributed by atoms with Crippen LogP contribution in [0.1, 0.15) is 0 Å². The Morgan fingerprint density at radius 2 is 1.71 bits per heavy atom. The average Bonchev–Trinajstić information content (AvgIpc) is 3.56. The number of fused-ring (bicyclic) bond motifs is 1. The fourth-order valence-electron chi connectivity index (χ4n) is 3.71. The molecule has 0 atom stereocenters. The summed E-state index contributed by atoms with van der Waals surface area (Å²) in [5.41, 5.74) is 2.89. The number of anilines is 2. The Hall–Kier alpha value is -4.98. The van der Waals surface area contributed by atoms with Crippen LogP contribution in [0.2, 0.25) is 0 Å². The highest BCUT2D eigenvalue weighted by atomic mass is 16.5. The molecule has 1 N–H and O–H groups in total. The van der Waals surface area contributed by atoms with Crippen molar-refractivity contribution in [2.75, 3.05) is 5.32 Å². The van der Waals surface area contributed by atoms with Gasteiger partial charge in [-0.1, -0.05) is 6.07 Å². The Kier molecular flexibility index (Phi) is 4.93. The van der Waals surface area contributed by atoms with Gasteiger partial charge < -0.3 is 14.6 Å². The maximum atomic E-state index is 6.02. The van der Waals surface area contributed by atoms with Crippen molar-refractivity contribution in [3.8, 4) is 23.1 Å². The molecule has 6 aromatic rings. The summed E-state index contributed by atoms with van der Waals surface area (Å²) in [5, 5.41) is 8.50. The molecule has 0 radical (unpaired) electrons. The van der Waals surface area contributed by atoms with Gasteiger partial charge in [0.25, 0.3) is 0 Å². The Bertz CT molecular complexity index is 1540. The number of benzene rings is 2. The van der Waals surface area contributed by atoms with Gasteiger partial charge in [0.15, 0.2) is 0 Å². The molecule has 0 fully saturated rings. The molecule has 0 aliphatic heterocycles. The van der Waals surface area contributed by atoms with E-state index in [-0.39, 0.29) is 0 Å². The van der Waals surface area contributed by atoms with Gasteiger partial charge in [-0.05, 0) is 66.7 Å². The fraction of sp³-hybridized carbons (Fsp3) is 0. The Balaban J connectivity index is 1.19. The Morgan fingerprint density at radius 1 is 0.765 bits per heavy atom. The number of aromatic nitrogens is 6. The van der Waals surface area contributed by atoms with Gasteiger partial charge in [0, 0.05) is 48.1 Å². The van der Waals surface area contributed by atoms with Gasteiger partial charge in [-0.3, -0.25) is 0 Å². The summed E-state index contributed by atoms with van der Waals surface area (Å²) in [6, 6.07) is 25.3. The number of hydrogen-bond donors (Lipinski definition) is 1. The third kappa shape index (κ3) is 3.95. The van der Waals surface area contributed by atoms with Crippen molar-refractivity contribution in [2.45, 2.75) is 0 Å². The van der Waals surface area contributed by atoms with E-state index in [0.29, 0.717) is 17.6 Å². The molecule has 8 heteroatoms. The minimum Gasteiger partial charge on any atom is -0.439 e. The molecule has 2 aromatic carbocycles. The van der Waals surface area contributed by atoms with Crippen molar-refractivity contribution in [2.24, 2.45) is 0 Å². The van der Waals surface area contributed by atoms with Gasteiger partial charge in [-0.25, -0.2) is 14.6 Å². The molecule has 6 rings (SSSR count). The maximum Gasteiger partial charge on any atom is 0.230 e. The third-order valence-electron chi connectivity index (χ3n) is 5.30.